The minimum absolute atomic E-state index is 0.156. The number of benzene rings is 2. The summed E-state index contributed by atoms with van der Waals surface area (Å²) < 4.78 is 11.1. The van der Waals surface area contributed by atoms with Crippen LogP contribution in [0.3, 0.4) is 0 Å². The Morgan fingerprint density at radius 2 is 2.00 bits per heavy atom. The van der Waals surface area contributed by atoms with Crippen LogP contribution < -0.4 is 14.8 Å². The molecule has 0 aliphatic heterocycles. The Kier molecular flexibility index (Phi) is 6.01. The van der Waals surface area contributed by atoms with Gasteiger partial charge in [-0.05, 0) is 17.7 Å². The number of nitrogens with one attached hydrogen (secondary N) is 1. The third-order valence-electron chi connectivity index (χ3n) is 3.23. The van der Waals surface area contributed by atoms with Crippen molar-refractivity contribution >= 4 is 5.91 Å². The molecule has 2 rings (SSSR count). The summed E-state index contributed by atoms with van der Waals surface area (Å²) in [5, 5.41) is 11.2. The van der Waals surface area contributed by atoms with E-state index in [-0.39, 0.29) is 12.3 Å². The number of amides is 1. The maximum Gasteiger partial charge on any atom is 0.234 e. The van der Waals surface area contributed by atoms with Gasteiger partial charge in [-0.3, -0.25) is 4.79 Å². The molecule has 118 valence electrons. The fourth-order valence-electron chi connectivity index (χ4n) is 2.01. The second-order valence-corrected chi connectivity index (χ2v) is 4.86. The van der Waals surface area contributed by atoms with Gasteiger partial charge in [0.15, 0.2) is 0 Å². The minimum Gasteiger partial charge on any atom is -0.497 e. The molecule has 0 aromatic heterocycles. The smallest absolute Gasteiger partial charge is 0.234 e. The summed E-state index contributed by atoms with van der Waals surface area (Å²) in [6, 6.07) is 17.1. The molecule has 0 aliphatic carbocycles. The molecule has 0 saturated heterocycles. The van der Waals surface area contributed by atoms with Gasteiger partial charge < -0.3 is 14.8 Å². The summed E-state index contributed by atoms with van der Waals surface area (Å²) in [4.78, 5) is 11.4. The van der Waals surface area contributed by atoms with Crippen molar-refractivity contribution in [2.45, 2.75) is 19.6 Å². The third-order valence-corrected chi connectivity index (χ3v) is 3.23. The molecule has 2 aromatic rings. The number of nitriles is 1. The Bertz CT molecular complexity index is 693. The van der Waals surface area contributed by atoms with Crippen LogP contribution in [0.25, 0.3) is 0 Å². The molecule has 0 aliphatic rings. The van der Waals surface area contributed by atoms with Gasteiger partial charge >= 0.3 is 0 Å². The van der Waals surface area contributed by atoms with Gasteiger partial charge in [0.05, 0.1) is 13.2 Å². The van der Waals surface area contributed by atoms with Crippen molar-refractivity contribution in [2.24, 2.45) is 0 Å². The number of hydrogen-bond acceptors (Lipinski definition) is 4. The molecule has 1 N–H and O–H groups in total. The van der Waals surface area contributed by atoms with Gasteiger partial charge in [-0.1, -0.05) is 30.3 Å². The molecule has 5 nitrogen and oxygen atoms in total. The summed E-state index contributed by atoms with van der Waals surface area (Å²) in [7, 11) is 1.59. The van der Waals surface area contributed by atoms with Crippen LogP contribution in [-0.4, -0.2) is 13.0 Å². The molecular weight excluding hydrogens is 292 g/mol. The Labute approximate surface area is 135 Å². The highest BCUT2D eigenvalue weighted by Crippen LogP contribution is 2.25. The zero-order valence-electron chi connectivity index (χ0n) is 12.9. The molecule has 0 unspecified atom stereocenters. The molecular formula is C18H18N2O3. The van der Waals surface area contributed by atoms with Gasteiger partial charge in [-0.2, -0.15) is 5.26 Å². The molecule has 0 radical (unpaired) electrons. The lowest BCUT2D eigenvalue weighted by Crippen LogP contribution is -2.22. The average Bonchev–Trinajstić information content (AvgIpc) is 2.59. The second-order valence-electron chi connectivity index (χ2n) is 4.86. The van der Waals surface area contributed by atoms with Crippen LogP contribution in [0.5, 0.6) is 11.5 Å². The Morgan fingerprint density at radius 1 is 1.22 bits per heavy atom. The summed E-state index contributed by atoms with van der Waals surface area (Å²) >= 11 is 0. The standard InChI is InChI=1S/C18H18N2O3/c1-22-16-8-7-15(12-20-18(21)9-10-19)17(11-16)23-13-14-5-3-2-4-6-14/h2-8,11H,9,12-13H2,1H3,(H,20,21). The first-order chi connectivity index (χ1) is 11.2. The molecule has 0 saturated carbocycles. The highest BCUT2D eigenvalue weighted by Gasteiger charge is 2.08. The number of hydrogen-bond donors (Lipinski definition) is 1. The number of carbonyl (C=O) groups is 1. The molecule has 0 atom stereocenters. The maximum atomic E-state index is 11.4. The highest BCUT2D eigenvalue weighted by atomic mass is 16.5. The van der Waals surface area contributed by atoms with E-state index in [2.05, 4.69) is 5.32 Å². The van der Waals surface area contributed by atoms with Crippen LogP contribution in [0.2, 0.25) is 0 Å². The number of nitrogens with zero attached hydrogens (tertiary/aromatic N) is 1. The second kappa shape index (κ2) is 8.44. The summed E-state index contributed by atoms with van der Waals surface area (Å²) in [6.45, 7) is 0.724. The first-order valence-electron chi connectivity index (χ1n) is 7.20. The first kappa shape index (κ1) is 16.4. The SMILES string of the molecule is COc1ccc(CNC(=O)CC#N)c(OCc2ccccc2)c1. The van der Waals surface area contributed by atoms with Gasteiger partial charge in [0.25, 0.3) is 0 Å². The lowest BCUT2D eigenvalue weighted by molar-refractivity contribution is -0.120. The molecule has 0 spiro atoms. The zero-order valence-corrected chi connectivity index (χ0v) is 12.9. The van der Waals surface area contributed by atoms with Gasteiger partial charge in [0.2, 0.25) is 5.91 Å². The summed E-state index contributed by atoms with van der Waals surface area (Å²) in [6.07, 6.45) is -0.156. The normalized spacial score (nSPS) is 9.74. The topological polar surface area (TPSA) is 71.3 Å². The number of methoxy groups -OCH3 is 1. The maximum absolute atomic E-state index is 11.4. The van der Waals surface area contributed by atoms with Crippen molar-refractivity contribution in [1.82, 2.24) is 5.32 Å². The summed E-state index contributed by atoms with van der Waals surface area (Å²) in [5.74, 6) is 1.02. The molecule has 0 fully saturated rings. The van der Waals surface area contributed by atoms with E-state index < -0.39 is 0 Å². The Hall–Kier alpha value is -3.00. The minimum atomic E-state index is -0.308. The van der Waals surface area contributed by atoms with Crippen molar-refractivity contribution < 1.29 is 14.3 Å². The van der Waals surface area contributed by atoms with E-state index in [4.69, 9.17) is 14.7 Å². The van der Waals surface area contributed by atoms with Crippen molar-refractivity contribution in [3.8, 4) is 17.6 Å². The van der Waals surface area contributed by atoms with E-state index in [1.807, 2.05) is 42.5 Å². The van der Waals surface area contributed by atoms with Crippen LogP contribution in [-0.2, 0) is 17.9 Å². The van der Waals surface area contributed by atoms with Gasteiger partial charge in [0, 0.05) is 18.2 Å². The van der Waals surface area contributed by atoms with Crippen LogP contribution in [0.4, 0.5) is 0 Å². The van der Waals surface area contributed by atoms with Crippen LogP contribution in [0.1, 0.15) is 17.5 Å². The van der Waals surface area contributed by atoms with Crippen molar-refractivity contribution in [3.63, 3.8) is 0 Å². The van der Waals surface area contributed by atoms with E-state index in [0.717, 1.165) is 11.1 Å². The lowest BCUT2D eigenvalue weighted by atomic mass is 10.2. The fourth-order valence-corrected chi connectivity index (χ4v) is 2.01. The molecule has 1 amide bonds. The van der Waals surface area contributed by atoms with Crippen molar-refractivity contribution in [1.29, 1.82) is 5.26 Å². The van der Waals surface area contributed by atoms with E-state index in [0.29, 0.717) is 24.7 Å². The molecule has 0 heterocycles. The Balaban J connectivity index is 2.08. The van der Waals surface area contributed by atoms with Crippen LogP contribution in [0.15, 0.2) is 48.5 Å². The van der Waals surface area contributed by atoms with E-state index in [1.54, 1.807) is 19.2 Å². The molecule has 5 heteroatoms. The predicted molar refractivity (Wildman–Crippen MR) is 85.8 cm³/mol. The lowest BCUT2D eigenvalue weighted by Gasteiger charge is -2.13. The van der Waals surface area contributed by atoms with Crippen molar-refractivity contribution in [2.75, 3.05) is 7.11 Å². The number of rotatable bonds is 7. The van der Waals surface area contributed by atoms with Crippen LogP contribution in [0, 0.1) is 11.3 Å². The van der Waals surface area contributed by atoms with Crippen LogP contribution >= 0.6 is 0 Å². The average molecular weight is 310 g/mol. The number of ether oxygens (including phenoxy) is 2. The largest absolute Gasteiger partial charge is 0.497 e. The zero-order chi connectivity index (χ0) is 16.5. The quantitative estimate of drug-likeness (QED) is 0.853. The molecule has 23 heavy (non-hydrogen) atoms. The predicted octanol–water partition coefficient (Wildman–Crippen LogP) is 2.80. The van der Waals surface area contributed by atoms with Crippen molar-refractivity contribution in [3.05, 3.63) is 59.7 Å². The summed E-state index contributed by atoms with van der Waals surface area (Å²) in [5.41, 5.74) is 1.88. The monoisotopic (exact) mass is 310 g/mol. The van der Waals surface area contributed by atoms with E-state index >= 15 is 0 Å². The van der Waals surface area contributed by atoms with Gasteiger partial charge in [-0.25, -0.2) is 0 Å². The number of carbonyl (C=O) groups excluding carboxylic acids is 1. The molecule has 0 bridgehead atoms. The third kappa shape index (κ3) is 5.04. The molecule has 2 aromatic carbocycles. The first-order valence-corrected chi connectivity index (χ1v) is 7.20. The van der Waals surface area contributed by atoms with Gasteiger partial charge in [-0.15, -0.1) is 0 Å². The fraction of sp³-hybridized carbons (Fsp3) is 0.222. The Morgan fingerprint density at radius 3 is 2.70 bits per heavy atom. The van der Waals surface area contributed by atoms with E-state index in [9.17, 15) is 4.79 Å². The van der Waals surface area contributed by atoms with Gasteiger partial charge in [0.1, 0.15) is 24.5 Å². The van der Waals surface area contributed by atoms with E-state index in [1.165, 1.54) is 0 Å². The highest BCUT2D eigenvalue weighted by molar-refractivity contribution is 5.78.